The Kier molecular flexibility index (Phi) is 5.37. The van der Waals surface area contributed by atoms with Crippen LogP contribution < -0.4 is 4.74 Å². The lowest BCUT2D eigenvalue weighted by molar-refractivity contribution is 0.0760. The van der Waals surface area contributed by atoms with Crippen LogP contribution in [-0.4, -0.2) is 23.1 Å². The van der Waals surface area contributed by atoms with Crippen molar-refractivity contribution in [1.29, 1.82) is 0 Å². The van der Waals surface area contributed by atoms with Crippen LogP contribution in [0.5, 0.6) is 11.5 Å². The highest BCUT2D eigenvalue weighted by Gasteiger charge is 2.31. The van der Waals surface area contributed by atoms with Crippen molar-refractivity contribution >= 4 is 29.3 Å². The summed E-state index contributed by atoms with van der Waals surface area (Å²) in [6.45, 7) is 0.725. The molecule has 3 aromatic rings. The van der Waals surface area contributed by atoms with Gasteiger partial charge in [0.15, 0.2) is 0 Å². The van der Waals surface area contributed by atoms with Crippen molar-refractivity contribution in [1.82, 2.24) is 4.90 Å². The predicted molar refractivity (Wildman–Crippen MR) is 111 cm³/mol. The molecule has 1 saturated heterocycles. The van der Waals surface area contributed by atoms with Crippen LogP contribution in [-0.2, 0) is 0 Å². The summed E-state index contributed by atoms with van der Waals surface area (Å²) in [7, 11) is 0. The first-order valence-electron chi connectivity index (χ1n) is 8.72. The SMILES string of the molecule is O=C(c1ccc(Oc2ccccc2)cc1)N1CCSC1c1cccc(Cl)c1. The molecule has 1 atom stereocenters. The van der Waals surface area contributed by atoms with E-state index in [4.69, 9.17) is 16.3 Å². The van der Waals surface area contributed by atoms with Gasteiger partial charge in [-0.1, -0.05) is 41.9 Å². The van der Waals surface area contributed by atoms with Gasteiger partial charge in [0, 0.05) is 22.9 Å². The molecule has 0 saturated carbocycles. The third-order valence-electron chi connectivity index (χ3n) is 4.37. The van der Waals surface area contributed by atoms with E-state index in [1.54, 1.807) is 11.8 Å². The average molecular weight is 396 g/mol. The molecule has 0 spiro atoms. The van der Waals surface area contributed by atoms with Crippen LogP contribution in [0.2, 0.25) is 5.02 Å². The molecule has 3 aromatic carbocycles. The Bertz CT molecular complexity index is 931. The lowest BCUT2D eigenvalue weighted by atomic mass is 10.1. The van der Waals surface area contributed by atoms with Gasteiger partial charge in [-0.2, -0.15) is 0 Å². The van der Waals surface area contributed by atoms with Gasteiger partial charge in [0.05, 0.1) is 0 Å². The minimum atomic E-state index is -0.00329. The number of para-hydroxylation sites is 1. The molecule has 0 N–H and O–H groups in total. The topological polar surface area (TPSA) is 29.5 Å². The van der Waals surface area contributed by atoms with Gasteiger partial charge in [-0.3, -0.25) is 4.79 Å². The van der Waals surface area contributed by atoms with Gasteiger partial charge in [-0.05, 0) is 54.1 Å². The highest BCUT2D eigenvalue weighted by atomic mass is 35.5. The van der Waals surface area contributed by atoms with Crippen LogP contribution in [0.1, 0.15) is 21.3 Å². The first kappa shape index (κ1) is 18.0. The van der Waals surface area contributed by atoms with E-state index in [1.807, 2.05) is 83.8 Å². The fraction of sp³-hybridized carbons (Fsp3) is 0.136. The van der Waals surface area contributed by atoms with E-state index in [0.717, 1.165) is 23.6 Å². The molecule has 3 nitrogen and oxygen atoms in total. The highest BCUT2D eigenvalue weighted by molar-refractivity contribution is 7.99. The second kappa shape index (κ2) is 8.07. The van der Waals surface area contributed by atoms with Crippen LogP contribution in [0, 0.1) is 0 Å². The monoisotopic (exact) mass is 395 g/mol. The highest BCUT2D eigenvalue weighted by Crippen LogP contribution is 2.39. The van der Waals surface area contributed by atoms with Gasteiger partial charge in [0.25, 0.3) is 5.91 Å². The summed E-state index contributed by atoms with van der Waals surface area (Å²) in [5, 5.41) is 0.686. The molecule has 4 rings (SSSR count). The number of hydrogen-bond acceptors (Lipinski definition) is 3. The maximum atomic E-state index is 13.0. The minimum Gasteiger partial charge on any atom is -0.457 e. The molecular weight excluding hydrogens is 378 g/mol. The number of rotatable bonds is 4. The zero-order chi connectivity index (χ0) is 18.6. The molecule has 0 radical (unpaired) electrons. The molecule has 1 heterocycles. The zero-order valence-corrected chi connectivity index (χ0v) is 16.1. The minimum absolute atomic E-state index is 0.00329. The van der Waals surface area contributed by atoms with Crippen molar-refractivity contribution in [2.75, 3.05) is 12.3 Å². The molecule has 1 aliphatic heterocycles. The maximum absolute atomic E-state index is 13.0. The number of carbonyl (C=O) groups excluding carboxylic acids is 1. The Morgan fingerprint density at radius 3 is 2.44 bits per heavy atom. The van der Waals surface area contributed by atoms with Crippen LogP contribution in [0.15, 0.2) is 78.9 Å². The Labute approximate surface area is 167 Å². The number of benzene rings is 3. The number of carbonyl (C=O) groups is 1. The molecular formula is C22H18ClNO2S. The van der Waals surface area contributed by atoms with E-state index in [-0.39, 0.29) is 11.3 Å². The van der Waals surface area contributed by atoms with Crippen molar-refractivity contribution in [2.24, 2.45) is 0 Å². The fourth-order valence-corrected chi connectivity index (χ4v) is 4.51. The van der Waals surface area contributed by atoms with E-state index in [0.29, 0.717) is 16.3 Å². The molecule has 5 heteroatoms. The second-order valence-corrected chi connectivity index (χ2v) is 7.84. The first-order chi connectivity index (χ1) is 13.2. The first-order valence-corrected chi connectivity index (χ1v) is 10.1. The summed E-state index contributed by atoms with van der Waals surface area (Å²) in [6.07, 6.45) is 0. The van der Waals surface area contributed by atoms with E-state index in [1.165, 1.54) is 0 Å². The number of thioether (sulfide) groups is 1. The normalized spacial score (nSPS) is 16.3. The summed E-state index contributed by atoms with van der Waals surface area (Å²) in [5.41, 5.74) is 1.72. The molecule has 1 amide bonds. The van der Waals surface area contributed by atoms with Crippen LogP contribution >= 0.6 is 23.4 Å². The van der Waals surface area contributed by atoms with Gasteiger partial charge in [0.2, 0.25) is 0 Å². The van der Waals surface area contributed by atoms with Gasteiger partial charge >= 0.3 is 0 Å². The summed E-state index contributed by atoms with van der Waals surface area (Å²) in [5.74, 6) is 2.42. The Morgan fingerprint density at radius 2 is 1.70 bits per heavy atom. The van der Waals surface area contributed by atoms with E-state index in [2.05, 4.69) is 0 Å². The zero-order valence-electron chi connectivity index (χ0n) is 14.5. The molecule has 0 aliphatic carbocycles. The lowest BCUT2D eigenvalue weighted by Crippen LogP contribution is -2.30. The summed E-state index contributed by atoms with van der Waals surface area (Å²) >= 11 is 7.89. The third kappa shape index (κ3) is 4.12. The number of nitrogens with zero attached hydrogens (tertiary/aromatic N) is 1. The van der Waals surface area contributed by atoms with E-state index < -0.39 is 0 Å². The number of hydrogen-bond donors (Lipinski definition) is 0. The van der Waals surface area contributed by atoms with Gasteiger partial charge in [-0.15, -0.1) is 11.8 Å². The smallest absolute Gasteiger partial charge is 0.255 e. The number of halogens is 1. The molecule has 27 heavy (non-hydrogen) atoms. The molecule has 1 unspecified atom stereocenters. The molecule has 136 valence electrons. The third-order valence-corrected chi connectivity index (χ3v) is 5.86. The molecule has 1 aliphatic rings. The van der Waals surface area contributed by atoms with Crippen LogP contribution in [0.25, 0.3) is 0 Å². The maximum Gasteiger partial charge on any atom is 0.255 e. The molecule has 1 fully saturated rings. The number of ether oxygens (including phenoxy) is 1. The summed E-state index contributed by atoms with van der Waals surface area (Å²) in [6, 6.07) is 24.6. The van der Waals surface area contributed by atoms with E-state index in [9.17, 15) is 4.79 Å². The van der Waals surface area contributed by atoms with Gasteiger partial charge in [-0.25, -0.2) is 0 Å². The van der Waals surface area contributed by atoms with Crippen molar-refractivity contribution in [3.63, 3.8) is 0 Å². The Hall–Kier alpha value is -2.43. The van der Waals surface area contributed by atoms with Crippen molar-refractivity contribution in [3.05, 3.63) is 95.0 Å². The quantitative estimate of drug-likeness (QED) is 0.541. The summed E-state index contributed by atoms with van der Waals surface area (Å²) < 4.78 is 5.80. The molecule has 0 bridgehead atoms. The second-order valence-electron chi connectivity index (χ2n) is 6.22. The van der Waals surface area contributed by atoms with Gasteiger partial charge < -0.3 is 9.64 Å². The number of amides is 1. The Balaban J connectivity index is 1.50. The van der Waals surface area contributed by atoms with Gasteiger partial charge in [0.1, 0.15) is 16.9 Å². The fourth-order valence-electron chi connectivity index (χ4n) is 3.07. The average Bonchev–Trinajstić information content (AvgIpc) is 3.19. The van der Waals surface area contributed by atoms with Crippen LogP contribution in [0.3, 0.4) is 0 Å². The largest absolute Gasteiger partial charge is 0.457 e. The Morgan fingerprint density at radius 1 is 0.963 bits per heavy atom. The summed E-state index contributed by atoms with van der Waals surface area (Å²) in [4.78, 5) is 14.9. The predicted octanol–water partition coefficient (Wildman–Crippen LogP) is 6.02. The van der Waals surface area contributed by atoms with Crippen molar-refractivity contribution in [2.45, 2.75) is 5.37 Å². The van der Waals surface area contributed by atoms with Crippen LogP contribution in [0.4, 0.5) is 0 Å². The standard InChI is InChI=1S/C22H18ClNO2S/c23-18-6-4-5-17(15-18)22-24(13-14-27-22)21(25)16-9-11-20(12-10-16)26-19-7-2-1-3-8-19/h1-12,15,22H,13-14H2. The molecule has 0 aromatic heterocycles. The lowest BCUT2D eigenvalue weighted by Gasteiger charge is -2.24. The van der Waals surface area contributed by atoms with E-state index >= 15 is 0 Å². The van der Waals surface area contributed by atoms with Crippen molar-refractivity contribution in [3.8, 4) is 11.5 Å². The van der Waals surface area contributed by atoms with Crippen molar-refractivity contribution < 1.29 is 9.53 Å².